The number of hydrogen-bond acceptors (Lipinski definition) is 6. The van der Waals surface area contributed by atoms with Crippen molar-refractivity contribution in [3.05, 3.63) is 53.0 Å². The molecule has 2 N–H and O–H groups in total. The average Bonchev–Trinajstić information content (AvgIpc) is 2.95. The van der Waals surface area contributed by atoms with Gasteiger partial charge >= 0.3 is 5.97 Å². The zero-order valence-corrected chi connectivity index (χ0v) is 14.2. The van der Waals surface area contributed by atoms with Crippen molar-refractivity contribution in [2.75, 3.05) is 5.32 Å². The normalized spacial score (nSPS) is 11.7. The van der Waals surface area contributed by atoms with E-state index < -0.39 is 12.1 Å². The molecule has 1 aromatic heterocycles. The lowest BCUT2D eigenvalue weighted by atomic mass is 10.1. The van der Waals surface area contributed by atoms with Gasteiger partial charge in [-0.05, 0) is 44.2 Å². The number of anilines is 1. The van der Waals surface area contributed by atoms with Crippen LogP contribution in [0.25, 0.3) is 0 Å². The first kappa shape index (κ1) is 18.4. The molecule has 0 saturated carbocycles. The van der Waals surface area contributed by atoms with E-state index in [1.165, 1.54) is 19.9 Å². The Morgan fingerprint density at radius 1 is 1.24 bits per heavy atom. The predicted octanol–water partition coefficient (Wildman–Crippen LogP) is 2.47. The van der Waals surface area contributed by atoms with Crippen molar-refractivity contribution in [2.45, 2.75) is 33.5 Å². The molecule has 0 aliphatic heterocycles. The molecule has 1 amide bonds. The van der Waals surface area contributed by atoms with E-state index in [0.29, 0.717) is 17.0 Å². The van der Waals surface area contributed by atoms with Gasteiger partial charge in [-0.2, -0.15) is 0 Å². The number of benzene rings is 1. The van der Waals surface area contributed by atoms with Crippen LogP contribution in [-0.2, 0) is 16.1 Å². The molecule has 0 bridgehead atoms. The van der Waals surface area contributed by atoms with Gasteiger partial charge in [0.05, 0.1) is 0 Å². The Labute approximate surface area is 144 Å². The highest BCUT2D eigenvalue weighted by molar-refractivity contribution is 6.02. The van der Waals surface area contributed by atoms with E-state index in [2.05, 4.69) is 5.32 Å². The minimum absolute atomic E-state index is 0.171. The Hall–Kier alpha value is -2.93. The summed E-state index contributed by atoms with van der Waals surface area (Å²) in [4.78, 5) is 35.5. The number of hydrogen-bond donors (Lipinski definition) is 2. The van der Waals surface area contributed by atoms with E-state index in [-0.39, 0.29) is 29.6 Å². The number of nitrogens with one attached hydrogen (secondary N) is 1. The van der Waals surface area contributed by atoms with Gasteiger partial charge in [-0.15, -0.1) is 0 Å². The number of Topliss-reactive ketones (excluding diaryl/α,β-unsaturated/α-hetero) is 1. The molecule has 1 aromatic carbocycles. The number of ether oxygens (including phenoxy) is 1. The maximum Gasteiger partial charge on any atom is 0.342 e. The molecule has 2 rings (SSSR count). The molecule has 2 aromatic rings. The van der Waals surface area contributed by atoms with Crippen molar-refractivity contribution in [2.24, 2.45) is 0 Å². The van der Waals surface area contributed by atoms with E-state index in [4.69, 9.17) is 14.3 Å². The monoisotopic (exact) mass is 345 g/mol. The van der Waals surface area contributed by atoms with Crippen LogP contribution in [-0.4, -0.2) is 28.9 Å². The molecule has 7 heteroatoms. The first-order valence-corrected chi connectivity index (χ1v) is 7.64. The largest absolute Gasteiger partial charge is 0.463 e. The van der Waals surface area contributed by atoms with Crippen molar-refractivity contribution in [3.63, 3.8) is 0 Å². The average molecular weight is 345 g/mol. The second-order valence-corrected chi connectivity index (χ2v) is 5.51. The molecule has 7 nitrogen and oxygen atoms in total. The second-order valence-electron chi connectivity index (χ2n) is 5.51. The Kier molecular flexibility index (Phi) is 5.71. The maximum absolute atomic E-state index is 12.4. The van der Waals surface area contributed by atoms with Crippen LogP contribution in [0.3, 0.4) is 0 Å². The molecule has 0 fully saturated rings. The number of furan rings is 1. The third-order valence-electron chi connectivity index (χ3n) is 3.49. The zero-order chi connectivity index (χ0) is 18.6. The zero-order valence-electron chi connectivity index (χ0n) is 14.2. The topological polar surface area (TPSA) is 106 Å². The highest BCUT2D eigenvalue weighted by Gasteiger charge is 2.23. The van der Waals surface area contributed by atoms with Crippen molar-refractivity contribution in [3.8, 4) is 0 Å². The number of esters is 1. The summed E-state index contributed by atoms with van der Waals surface area (Å²) in [5, 5.41) is 11.6. The van der Waals surface area contributed by atoms with Crippen LogP contribution in [0.1, 0.15) is 46.1 Å². The number of ketones is 1. The fraction of sp³-hybridized carbons (Fsp3) is 0.278. The standard InChI is InChI=1S/C18H19NO6/c1-10-16(8-15(9-20)24-10)18(23)25-11(2)17(22)13-4-6-14(7-5-13)19-12(3)21/h4-8,11,20H,9H2,1-3H3,(H,19,21)/t11-/m1/s1. The van der Waals surface area contributed by atoms with E-state index in [9.17, 15) is 14.4 Å². The lowest BCUT2D eigenvalue weighted by Crippen LogP contribution is -2.24. The maximum atomic E-state index is 12.4. The molecule has 0 spiro atoms. The van der Waals surface area contributed by atoms with Gasteiger partial charge in [0.15, 0.2) is 6.10 Å². The van der Waals surface area contributed by atoms with Gasteiger partial charge in [-0.25, -0.2) is 4.79 Å². The summed E-state index contributed by atoms with van der Waals surface area (Å²) in [5.74, 6) is -0.715. The summed E-state index contributed by atoms with van der Waals surface area (Å²) < 4.78 is 10.4. The minimum atomic E-state index is -0.994. The van der Waals surface area contributed by atoms with Gasteiger partial charge in [-0.1, -0.05) is 0 Å². The molecule has 0 aliphatic rings. The van der Waals surface area contributed by atoms with Crippen molar-refractivity contribution in [1.82, 2.24) is 0 Å². The van der Waals surface area contributed by atoms with E-state index in [1.807, 2.05) is 0 Å². The Morgan fingerprint density at radius 2 is 1.88 bits per heavy atom. The first-order chi connectivity index (χ1) is 11.8. The summed E-state index contributed by atoms with van der Waals surface area (Å²) in [7, 11) is 0. The van der Waals surface area contributed by atoms with Crippen LogP contribution in [0.4, 0.5) is 5.69 Å². The lowest BCUT2D eigenvalue weighted by molar-refractivity contribution is -0.114. The molecule has 0 unspecified atom stereocenters. The van der Waals surface area contributed by atoms with Crippen LogP contribution < -0.4 is 5.32 Å². The summed E-state index contributed by atoms with van der Waals surface area (Å²) in [6.45, 7) is 4.11. The number of aryl methyl sites for hydroxylation is 1. The molecule has 0 aliphatic carbocycles. The van der Waals surface area contributed by atoms with Crippen LogP contribution >= 0.6 is 0 Å². The van der Waals surface area contributed by atoms with E-state index in [1.54, 1.807) is 31.2 Å². The number of aliphatic hydroxyl groups excluding tert-OH is 1. The fourth-order valence-electron chi connectivity index (χ4n) is 2.26. The van der Waals surface area contributed by atoms with E-state index in [0.717, 1.165) is 0 Å². The van der Waals surface area contributed by atoms with Crippen LogP contribution in [0, 0.1) is 6.92 Å². The Balaban J connectivity index is 2.05. The molecular weight excluding hydrogens is 326 g/mol. The van der Waals surface area contributed by atoms with Gasteiger partial charge in [-0.3, -0.25) is 9.59 Å². The van der Waals surface area contributed by atoms with Crippen molar-refractivity contribution >= 4 is 23.3 Å². The number of aliphatic hydroxyl groups is 1. The quantitative estimate of drug-likeness (QED) is 0.615. The number of carbonyl (C=O) groups is 3. The lowest BCUT2D eigenvalue weighted by Gasteiger charge is -2.12. The minimum Gasteiger partial charge on any atom is -0.463 e. The molecule has 1 atom stereocenters. The Bertz CT molecular complexity index is 790. The van der Waals surface area contributed by atoms with Crippen LogP contribution in [0.2, 0.25) is 0 Å². The number of carbonyl (C=O) groups excluding carboxylic acids is 3. The van der Waals surface area contributed by atoms with E-state index >= 15 is 0 Å². The first-order valence-electron chi connectivity index (χ1n) is 7.64. The summed E-state index contributed by atoms with van der Waals surface area (Å²) in [5.41, 5.74) is 1.10. The van der Waals surface area contributed by atoms with Gasteiger partial charge < -0.3 is 19.6 Å². The highest BCUT2D eigenvalue weighted by Crippen LogP contribution is 2.18. The van der Waals surface area contributed by atoms with Crippen LogP contribution in [0.5, 0.6) is 0 Å². The molecule has 0 saturated heterocycles. The third-order valence-corrected chi connectivity index (χ3v) is 3.49. The van der Waals surface area contributed by atoms with Crippen molar-refractivity contribution < 1.29 is 28.6 Å². The highest BCUT2D eigenvalue weighted by atomic mass is 16.5. The molecule has 132 valence electrons. The SMILES string of the molecule is CC(=O)Nc1ccc(C(=O)[C@@H](C)OC(=O)c2cc(CO)oc2C)cc1. The van der Waals surface area contributed by atoms with Gasteiger partial charge in [0.1, 0.15) is 23.7 Å². The third kappa shape index (κ3) is 4.54. The smallest absolute Gasteiger partial charge is 0.342 e. The summed E-state index contributed by atoms with van der Waals surface area (Å²) in [6.07, 6.45) is -0.994. The summed E-state index contributed by atoms with van der Waals surface area (Å²) in [6, 6.07) is 7.67. The summed E-state index contributed by atoms with van der Waals surface area (Å²) >= 11 is 0. The number of amides is 1. The van der Waals surface area contributed by atoms with Gasteiger partial charge in [0.2, 0.25) is 11.7 Å². The molecule has 1 heterocycles. The fourth-order valence-corrected chi connectivity index (χ4v) is 2.26. The Morgan fingerprint density at radius 3 is 2.40 bits per heavy atom. The van der Waals surface area contributed by atoms with Crippen LogP contribution in [0.15, 0.2) is 34.7 Å². The second kappa shape index (κ2) is 7.76. The van der Waals surface area contributed by atoms with Gasteiger partial charge in [0.25, 0.3) is 0 Å². The molecule has 25 heavy (non-hydrogen) atoms. The number of rotatable bonds is 6. The van der Waals surface area contributed by atoms with Gasteiger partial charge in [0, 0.05) is 18.2 Å². The molecule has 0 radical (unpaired) electrons. The van der Waals surface area contributed by atoms with Crippen molar-refractivity contribution in [1.29, 1.82) is 0 Å². The molecular formula is C18H19NO6. The predicted molar refractivity (Wildman–Crippen MR) is 89.3 cm³/mol.